The van der Waals surface area contributed by atoms with E-state index in [1.165, 1.54) is 18.2 Å². The Morgan fingerprint density at radius 1 is 1.58 bits per heavy atom. The average molecular weight is 265 g/mol. The maximum absolute atomic E-state index is 11.8. The van der Waals surface area contributed by atoms with Crippen molar-refractivity contribution < 1.29 is 24.0 Å². The molecule has 0 N–H and O–H groups in total. The molecule has 0 fully saturated rings. The van der Waals surface area contributed by atoms with E-state index < -0.39 is 22.6 Å². The molecule has 0 radical (unpaired) electrons. The van der Waals surface area contributed by atoms with Crippen LogP contribution in [0.25, 0.3) is 0 Å². The number of hydrogen-bond acceptors (Lipinski definition) is 6. The third-order valence-corrected chi connectivity index (χ3v) is 2.73. The van der Waals surface area contributed by atoms with Crippen LogP contribution in [-0.2, 0) is 14.3 Å². The van der Waals surface area contributed by atoms with Crippen LogP contribution in [0, 0.1) is 10.1 Å². The van der Waals surface area contributed by atoms with Crippen molar-refractivity contribution >= 4 is 17.4 Å². The number of benzene rings is 1. The Balaban J connectivity index is 2.47. The van der Waals surface area contributed by atoms with Gasteiger partial charge in [0.25, 0.3) is 5.69 Å². The Hall–Kier alpha value is -2.44. The van der Waals surface area contributed by atoms with Crippen molar-refractivity contribution in [1.29, 1.82) is 0 Å². The van der Waals surface area contributed by atoms with Gasteiger partial charge >= 0.3 is 5.97 Å². The summed E-state index contributed by atoms with van der Waals surface area (Å²) in [5.41, 5.74) is -0.0183. The molecule has 7 nitrogen and oxygen atoms in total. The Morgan fingerprint density at radius 3 is 2.95 bits per heavy atom. The van der Waals surface area contributed by atoms with Crippen molar-refractivity contribution in [2.45, 2.75) is 12.8 Å². The number of carbonyl (C=O) groups is 2. The molecule has 100 valence electrons. The van der Waals surface area contributed by atoms with Gasteiger partial charge in [-0.15, -0.1) is 0 Å². The number of esters is 1. The second-order valence-corrected chi connectivity index (χ2v) is 3.92. The largest absolute Gasteiger partial charge is 0.485 e. The van der Waals surface area contributed by atoms with Gasteiger partial charge in [0.15, 0.2) is 5.78 Å². The minimum Gasteiger partial charge on any atom is -0.485 e. The molecular formula is C12H11NO6. The maximum atomic E-state index is 11.8. The lowest BCUT2D eigenvalue weighted by atomic mass is 9.92. The Bertz CT molecular complexity index is 553. The molecule has 0 amide bonds. The van der Waals surface area contributed by atoms with E-state index in [1.54, 1.807) is 6.92 Å². The number of hydrogen-bond donors (Lipinski definition) is 0. The molecule has 0 saturated carbocycles. The standard InChI is InChI=1S/C12H11NO6/c1-2-18-12(15)11-8-5-7(13(16)17)3-4-10(8)19-6-9(11)14/h3-5,11H,2,6H2,1H3. The number of Topliss-reactive ketones (excluding diaryl/α,β-unsaturated/α-hetero) is 1. The van der Waals surface area contributed by atoms with E-state index in [9.17, 15) is 19.7 Å². The van der Waals surface area contributed by atoms with Crippen LogP contribution in [0.2, 0.25) is 0 Å². The van der Waals surface area contributed by atoms with Crippen LogP contribution in [0.3, 0.4) is 0 Å². The Labute approximate surface area is 108 Å². The van der Waals surface area contributed by atoms with Gasteiger partial charge < -0.3 is 9.47 Å². The molecule has 0 saturated heterocycles. The van der Waals surface area contributed by atoms with Crippen molar-refractivity contribution in [3.05, 3.63) is 33.9 Å². The minimum absolute atomic E-state index is 0.133. The van der Waals surface area contributed by atoms with Crippen molar-refractivity contribution in [2.24, 2.45) is 0 Å². The van der Waals surface area contributed by atoms with Gasteiger partial charge in [0.1, 0.15) is 18.3 Å². The number of rotatable bonds is 3. The Morgan fingerprint density at radius 2 is 2.32 bits per heavy atom. The summed E-state index contributed by atoms with van der Waals surface area (Å²) in [6.07, 6.45) is 0. The summed E-state index contributed by atoms with van der Waals surface area (Å²) in [4.78, 5) is 33.7. The molecule has 0 bridgehead atoms. The quantitative estimate of drug-likeness (QED) is 0.352. The molecule has 19 heavy (non-hydrogen) atoms. The fraction of sp³-hybridized carbons (Fsp3) is 0.333. The fourth-order valence-corrected chi connectivity index (χ4v) is 1.90. The summed E-state index contributed by atoms with van der Waals surface area (Å²) in [5, 5.41) is 10.7. The van der Waals surface area contributed by atoms with Crippen LogP contribution in [-0.4, -0.2) is 29.9 Å². The summed E-state index contributed by atoms with van der Waals surface area (Å²) < 4.78 is 9.97. The highest BCUT2D eigenvalue weighted by Gasteiger charge is 2.37. The average Bonchev–Trinajstić information content (AvgIpc) is 2.37. The predicted octanol–water partition coefficient (Wildman–Crippen LogP) is 1.20. The van der Waals surface area contributed by atoms with E-state index in [1.807, 2.05) is 0 Å². The van der Waals surface area contributed by atoms with Gasteiger partial charge in [-0.1, -0.05) is 0 Å². The number of ether oxygens (including phenoxy) is 2. The van der Waals surface area contributed by atoms with Gasteiger partial charge in [0.2, 0.25) is 0 Å². The molecule has 0 aliphatic carbocycles. The van der Waals surface area contributed by atoms with Gasteiger partial charge in [-0.25, -0.2) is 0 Å². The van der Waals surface area contributed by atoms with E-state index in [2.05, 4.69) is 0 Å². The zero-order valence-corrected chi connectivity index (χ0v) is 10.1. The molecule has 1 aliphatic rings. The number of fused-ring (bicyclic) bond motifs is 1. The van der Waals surface area contributed by atoms with Gasteiger partial charge in [0, 0.05) is 17.7 Å². The number of nitro groups is 1. The van der Waals surface area contributed by atoms with Gasteiger partial charge in [-0.2, -0.15) is 0 Å². The molecule has 1 aliphatic heterocycles. The zero-order valence-electron chi connectivity index (χ0n) is 10.1. The zero-order chi connectivity index (χ0) is 14.0. The lowest BCUT2D eigenvalue weighted by molar-refractivity contribution is -0.384. The van der Waals surface area contributed by atoms with E-state index >= 15 is 0 Å². The van der Waals surface area contributed by atoms with Gasteiger partial charge in [-0.3, -0.25) is 19.7 Å². The van der Waals surface area contributed by atoms with E-state index in [-0.39, 0.29) is 24.5 Å². The SMILES string of the molecule is CCOC(=O)C1C(=O)COc2ccc([N+](=O)[O-])cc21. The Kier molecular flexibility index (Phi) is 3.46. The summed E-state index contributed by atoms with van der Waals surface area (Å²) in [7, 11) is 0. The van der Waals surface area contributed by atoms with Crippen molar-refractivity contribution in [1.82, 2.24) is 0 Å². The molecule has 0 spiro atoms. The van der Waals surface area contributed by atoms with Crippen LogP contribution in [0.15, 0.2) is 18.2 Å². The second-order valence-electron chi connectivity index (χ2n) is 3.92. The summed E-state index contributed by atoms with van der Waals surface area (Å²) in [6, 6.07) is 3.82. The number of nitro benzene ring substituents is 1. The lowest BCUT2D eigenvalue weighted by Crippen LogP contribution is -2.32. The molecule has 1 heterocycles. The first-order chi connectivity index (χ1) is 9.04. The van der Waals surface area contributed by atoms with Crippen LogP contribution < -0.4 is 4.74 Å². The first kappa shape index (κ1) is 13.0. The molecule has 1 aromatic rings. The van der Waals surface area contributed by atoms with E-state index in [0.717, 1.165) is 0 Å². The lowest BCUT2D eigenvalue weighted by Gasteiger charge is -2.22. The third-order valence-electron chi connectivity index (χ3n) is 2.73. The highest BCUT2D eigenvalue weighted by Crippen LogP contribution is 2.35. The minimum atomic E-state index is -1.15. The van der Waals surface area contributed by atoms with Crippen LogP contribution in [0.1, 0.15) is 18.4 Å². The number of carbonyl (C=O) groups excluding carboxylic acids is 2. The predicted molar refractivity (Wildman–Crippen MR) is 63.0 cm³/mol. The highest BCUT2D eigenvalue weighted by atomic mass is 16.6. The third kappa shape index (κ3) is 2.40. The van der Waals surface area contributed by atoms with E-state index in [4.69, 9.17) is 9.47 Å². The molecule has 1 atom stereocenters. The van der Waals surface area contributed by atoms with Crippen LogP contribution in [0.5, 0.6) is 5.75 Å². The summed E-state index contributed by atoms with van der Waals surface area (Å²) >= 11 is 0. The first-order valence-corrected chi connectivity index (χ1v) is 5.65. The normalized spacial score (nSPS) is 17.3. The molecule has 1 aromatic carbocycles. The first-order valence-electron chi connectivity index (χ1n) is 5.65. The number of ketones is 1. The molecule has 1 unspecified atom stereocenters. The van der Waals surface area contributed by atoms with Crippen LogP contribution >= 0.6 is 0 Å². The molecular weight excluding hydrogens is 254 g/mol. The molecule has 2 rings (SSSR count). The number of non-ortho nitro benzene ring substituents is 1. The van der Waals surface area contributed by atoms with Crippen molar-refractivity contribution in [2.75, 3.05) is 13.2 Å². The maximum Gasteiger partial charge on any atom is 0.321 e. The summed E-state index contributed by atoms with van der Waals surface area (Å²) in [6.45, 7) is 1.51. The van der Waals surface area contributed by atoms with Gasteiger partial charge in [-0.05, 0) is 13.0 Å². The number of nitrogens with zero attached hydrogens (tertiary/aromatic N) is 1. The smallest absolute Gasteiger partial charge is 0.321 e. The molecule has 7 heteroatoms. The van der Waals surface area contributed by atoms with Crippen LogP contribution in [0.4, 0.5) is 5.69 Å². The fourth-order valence-electron chi connectivity index (χ4n) is 1.90. The summed E-state index contributed by atoms with van der Waals surface area (Å²) in [5.74, 6) is -2.03. The highest BCUT2D eigenvalue weighted by molar-refractivity contribution is 6.06. The van der Waals surface area contributed by atoms with Crippen molar-refractivity contribution in [3.63, 3.8) is 0 Å². The monoisotopic (exact) mass is 265 g/mol. The molecule has 0 aromatic heterocycles. The van der Waals surface area contributed by atoms with Gasteiger partial charge in [0.05, 0.1) is 11.5 Å². The van der Waals surface area contributed by atoms with E-state index in [0.29, 0.717) is 5.75 Å². The topological polar surface area (TPSA) is 95.7 Å². The second kappa shape index (κ2) is 5.05. The van der Waals surface area contributed by atoms with Crippen molar-refractivity contribution in [3.8, 4) is 5.75 Å².